The Labute approximate surface area is 217 Å². The third-order valence-corrected chi connectivity index (χ3v) is 5.21. The summed E-state index contributed by atoms with van der Waals surface area (Å²) in [6, 6.07) is 6.73. The van der Waals surface area contributed by atoms with Crippen LogP contribution >= 0.6 is 0 Å². The Bertz CT molecular complexity index is 694. The fourth-order valence-corrected chi connectivity index (χ4v) is 3.58. The number of hydrogen-bond acceptors (Lipinski definition) is 6. The molecule has 0 spiro atoms. The fraction of sp³-hybridized carbons (Fsp3) is 0.667. The van der Waals surface area contributed by atoms with Crippen LogP contribution in [0.25, 0.3) is 0 Å². The second-order valence-corrected chi connectivity index (χ2v) is 10.1. The topological polar surface area (TPSA) is 123 Å². The van der Waals surface area contributed by atoms with Crippen LogP contribution in [0.4, 0.5) is 0 Å². The first kappa shape index (κ1) is 31.5. The molecule has 1 aromatic rings. The Morgan fingerprint density at radius 1 is 0.500 bits per heavy atom. The number of amides is 3. The number of nitrogens with one attached hydrogen (secondary N) is 6. The Hall–Kier alpha value is -2.49. The van der Waals surface area contributed by atoms with E-state index in [4.69, 9.17) is 0 Å². The van der Waals surface area contributed by atoms with Crippen LogP contribution in [0.3, 0.4) is 0 Å². The van der Waals surface area contributed by atoms with Crippen LogP contribution in [0.5, 0.6) is 0 Å². The zero-order valence-electron chi connectivity index (χ0n) is 23.1. The van der Waals surface area contributed by atoms with Gasteiger partial charge in [-0.15, -0.1) is 0 Å². The molecule has 0 aromatic heterocycles. The maximum absolute atomic E-state index is 12.5. The summed E-state index contributed by atoms with van der Waals surface area (Å²) in [5, 5.41) is 18.6. The van der Waals surface area contributed by atoms with Gasteiger partial charge in [0.25, 0.3) is 0 Å². The molecule has 1 rings (SSSR count). The van der Waals surface area contributed by atoms with E-state index in [9.17, 15) is 14.4 Å². The summed E-state index contributed by atoms with van der Waals surface area (Å²) >= 11 is 0. The smallest absolute Gasteiger partial charge is 0.224 e. The number of benzene rings is 1. The van der Waals surface area contributed by atoms with Crippen LogP contribution in [0.15, 0.2) is 18.2 Å². The summed E-state index contributed by atoms with van der Waals surface area (Å²) in [6.07, 6.45) is 0.590. The van der Waals surface area contributed by atoms with Gasteiger partial charge in [0.1, 0.15) is 0 Å². The van der Waals surface area contributed by atoms with Crippen molar-refractivity contribution in [1.82, 2.24) is 31.9 Å². The minimum Gasteiger partial charge on any atom is -0.355 e. The highest BCUT2D eigenvalue weighted by Gasteiger charge is 2.12. The summed E-state index contributed by atoms with van der Waals surface area (Å²) in [6.45, 7) is 16.1. The van der Waals surface area contributed by atoms with E-state index in [1.54, 1.807) is 0 Å². The highest BCUT2D eigenvalue weighted by Crippen LogP contribution is 2.13. The first-order valence-corrected chi connectivity index (χ1v) is 13.2. The molecule has 0 saturated carbocycles. The molecule has 3 amide bonds. The van der Waals surface area contributed by atoms with Gasteiger partial charge in [0.2, 0.25) is 17.7 Å². The average molecular weight is 505 g/mol. The van der Waals surface area contributed by atoms with E-state index in [1.807, 2.05) is 18.2 Å². The van der Waals surface area contributed by atoms with Crippen LogP contribution in [-0.4, -0.2) is 75.1 Å². The standard InChI is InChI=1S/C27H48N6O3/c1-19(2)28-7-10-31-25(34)16-22-13-23(17-26(35)32-11-8-29-20(3)4)15-24(14-22)18-27(36)33-12-9-30-21(5)6/h13-15,19-21,28-30H,7-12,16-18H2,1-6H3,(H,31,34)(H,32,35)(H,33,36). The van der Waals surface area contributed by atoms with Crippen LogP contribution in [0, 0.1) is 0 Å². The molecule has 0 heterocycles. The Balaban J connectivity index is 2.78. The van der Waals surface area contributed by atoms with E-state index in [0.29, 0.717) is 57.4 Å². The summed E-state index contributed by atoms with van der Waals surface area (Å²) < 4.78 is 0. The van der Waals surface area contributed by atoms with Crippen LogP contribution in [0.2, 0.25) is 0 Å². The fourth-order valence-electron chi connectivity index (χ4n) is 3.58. The lowest BCUT2D eigenvalue weighted by molar-refractivity contribution is -0.121. The van der Waals surface area contributed by atoms with Gasteiger partial charge in [-0.25, -0.2) is 0 Å². The quantitative estimate of drug-likeness (QED) is 0.163. The second kappa shape index (κ2) is 17.9. The van der Waals surface area contributed by atoms with Gasteiger partial charge in [0.15, 0.2) is 0 Å². The normalized spacial score (nSPS) is 11.2. The second-order valence-electron chi connectivity index (χ2n) is 10.1. The Morgan fingerprint density at radius 2 is 0.750 bits per heavy atom. The maximum atomic E-state index is 12.5. The van der Waals surface area contributed by atoms with Crippen molar-refractivity contribution in [3.63, 3.8) is 0 Å². The van der Waals surface area contributed by atoms with E-state index in [0.717, 1.165) is 16.7 Å². The molecule has 0 unspecified atom stereocenters. The van der Waals surface area contributed by atoms with Crippen LogP contribution in [-0.2, 0) is 33.6 Å². The predicted molar refractivity (Wildman–Crippen MR) is 146 cm³/mol. The molecule has 9 nitrogen and oxygen atoms in total. The van der Waals surface area contributed by atoms with Gasteiger partial charge >= 0.3 is 0 Å². The van der Waals surface area contributed by atoms with Crippen LogP contribution in [0.1, 0.15) is 58.2 Å². The van der Waals surface area contributed by atoms with E-state index >= 15 is 0 Å². The van der Waals surface area contributed by atoms with E-state index < -0.39 is 0 Å². The van der Waals surface area contributed by atoms with E-state index in [-0.39, 0.29) is 37.0 Å². The number of rotatable bonds is 18. The minimum atomic E-state index is -0.0860. The van der Waals surface area contributed by atoms with E-state index in [1.165, 1.54) is 0 Å². The molecule has 0 aliphatic rings. The number of carbonyl (C=O) groups excluding carboxylic acids is 3. The molecule has 1 aromatic carbocycles. The van der Waals surface area contributed by atoms with Gasteiger partial charge in [0.05, 0.1) is 19.3 Å². The monoisotopic (exact) mass is 504 g/mol. The first-order chi connectivity index (χ1) is 17.0. The SMILES string of the molecule is CC(C)NCCNC(=O)Cc1cc(CC(=O)NCCNC(C)C)cc(CC(=O)NCCNC(C)C)c1. The van der Waals surface area contributed by atoms with E-state index in [2.05, 4.69) is 73.4 Å². The van der Waals surface area contributed by atoms with Crippen molar-refractivity contribution in [3.05, 3.63) is 34.9 Å². The highest BCUT2D eigenvalue weighted by molar-refractivity contribution is 5.81. The van der Waals surface area contributed by atoms with Crippen LogP contribution < -0.4 is 31.9 Å². The molecule has 0 radical (unpaired) electrons. The molecule has 0 aliphatic heterocycles. The lowest BCUT2D eigenvalue weighted by Gasteiger charge is -2.13. The largest absolute Gasteiger partial charge is 0.355 e. The third kappa shape index (κ3) is 16.2. The molecule has 0 saturated heterocycles. The molecular formula is C27H48N6O3. The molecule has 0 aliphatic carbocycles. The van der Waals surface area contributed by atoms with Gasteiger partial charge < -0.3 is 31.9 Å². The van der Waals surface area contributed by atoms with Crippen molar-refractivity contribution in [3.8, 4) is 0 Å². The molecule has 36 heavy (non-hydrogen) atoms. The minimum absolute atomic E-state index is 0.0860. The zero-order valence-corrected chi connectivity index (χ0v) is 23.1. The molecule has 204 valence electrons. The Morgan fingerprint density at radius 3 is 0.972 bits per heavy atom. The molecule has 9 heteroatoms. The van der Waals surface area contributed by atoms with Crippen molar-refractivity contribution >= 4 is 17.7 Å². The third-order valence-electron chi connectivity index (χ3n) is 5.21. The number of carbonyl (C=O) groups is 3. The molecular weight excluding hydrogens is 456 g/mol. The summed E-state index contributed by atoms with van der Waals surface area (Å²) in [5.41, 5.74) is 2.38. The molecule has 0 atom stereocenters. The van der Waals surface area contributed by atoms with Gasteiger partial charge in [-0.1, -0.05) is 59.7 Å². The molecule has 0 bridgehead atoms. The number of hydrogen-bond donors (Lipinski definition) is 6. The Kier molecular flexibility index (Phi) is 15.6. The van der Waals surface area contributed by atoms with Gasteiger partial charge in [0, 0.05) is 57.4 Å². The summed E-state index contributed by atoms with van der Waals surface area (Å²) in [7, 11) is 0. The zero-order chi connectivity index (χ0) is 26.9. The van der Waals surface area contributed by atoms with Gasteiger partial charge in [-0.2, -0.15) is 0 Å². The summed E-state index contributed by atoms with van der Waals surface area (Å²) in [5.74, 6) is -0.258. The predicted octanol–water partition coefficient (Wildman–Crippen LogP) is 0.657. The average Bonchev–Trinajstić information content (AvgIpc) is 2.76. The van der Waals surface area contributed by atoms with Gasteiger partial charge in [-0.3, -0.25) is 14.4 Å². The summed E-state index contributed by atoms with van der Waals surface area (Å²) in [4.78, 5) is 37.4. The van der Waals surface area contributed by atoms with Crippen molar-refractivity contribution < 1.29 is 14.4 Å². The molecule has 6 N–H and O–H groups in total. The maximum Gasteiger partial charge on any atom is 0.224 e. The molecule has 0 fully saturated rings. The van der Waals surface area contributed by atoms with Gasteiger partial charge in [-0.05, 0) is 16.7 Å². The van der Waals surface area contributed by atoms with Crippen molar-refractivity contribution in [1.29, 1.82) is 0 Å². The lowest BCUT2D eigenvalue weighted by atomic mass is 9.99. The van der Waals surface area contributed by atoms with Crippen molar-refractivity contribution in [2.24, 2.45) is 0 Å². The lowest BCUT2D eigenvalue weighted by Crippen LogP contribution is -2.36. The van der Waals surface area contributed by atoms with Crippen molar-refractivity contribution in [2.75, 3.05) is 39.3 Å². The van der Waals surface area contributed by atoms with Crippen molar-refractivity contribution in [2.45, 2.75) is 78.9 Å². The highest BCUT2D eigenvalue weighted by atomic mass is 16.2. The first-order valence-electron chi connectivity index (χ1n) is 13.2.